The number of carbonyl (C=O) groups excluding carboxylic acids is 1. The maximum atomic E-state index is 13.3. The van der Waals surface area contributed by atoms with E-state index in [-0.39, 0.29) is 5.91 Å². The third-order valence-electron chi connectivity index (χ3n) is 4.96. The first-order chi connectivity index (χ1) is 14.2. The van der Waals surface area contributed by atoms with Gasteiger partial charge in [-0.3, -0.25) is 4.79 Å². The van der Waals surface area contributed by atoms with E-state index in [0.717, 1.165) is 42.8 Å². The Hall–Kier alpha value is -2.80. The molecule has 29 heavy (non-hydrogen) atoms. The van der Waals surface area contributed by atoms with Crippen molar-refractivity contribution in [2.24, 2.45) is 0 Å². The van der Waals surface area contributed by atoms with Crippen LogP contribution in [0.5, 0.6) is 5.75 Å². The normalized spacial score (nSPS) is 15.1. The summed E-state index contributed by atoms with van der Waals surface area (Å²) in [6.45, 7) is 1.62. The zero-order valence-corrected chi connectivity index (χ0v) is 17.1. The van der Waals surface area contributed by atoms with Crippen LogP contribution in [0.15, 0.2) is 64.2 Å². The molecule has 4 rings (SSSR count). The number of amides is 1. The van der Waals surface area contributed by atoms with E-state index in [2.05, 4.69) is 10.2 Å². The van der Waals surface area contributed by atoms with E-state index in [0.29, 0.717) is 11.1 Å². The van der Waals surface area contributed by atoms with Gasteiger partial charge in [0.1, 0.15) is 11.0 Å². The van der Waals surface area contributed by atoms with Gasteiger partial charge in [-0.25, -0.2) is 0 Å². The molecule has 6 nitrogen and oxygen atoms in total. The molecule has 0 saturated carbocycles. The highest BCUT2D eigenvalue weighted by Gasteiger charge is 2.29. The molecule has 0 radical (unpaired) electrons. The van der Waals surface area contributed by atoms with Gasteiger partial charge in [0.15, 0.2) is 0 Å². The summed E-state index contributed by atoms with van der Waals surface area (Å²) >= 11 is 1.31. The number of aromatic nitrogens is 2. The van der Waals surface area contributed by atoms with Crippen molar-refractivity contribution in [2.75, 3.05) is 20.2 Å². The monoisotopic (exact) mass is 409 g/mol. The molecular formula is C22H23N3O3S. The van der Waals surface area contributed by atoms with E-state index in [1.165, 1.54) is 18.2 Å². The fourth-order valence-corrected chi connectivity index (χ4v) is 4.34. The second-order valence-electron chi connectivity index (χ2n) is 6.90. The average Bonchev–Trinajstić information content (AvgIpc) is 3.27. The molecular weight excluding hydrogens is 386 g/mol. The van der Waals surface area contributed by atoms with Crippen molar-refractivity contribution in [1.29, 1.82) is 0 Å². The summed E-state index contributed by atoms with van der Waals surface area (Å²) in [5.41, 5.74) is 1.75. The van der Waals surface area contributed by atoms with Crippen LogP contribution < -0.4 is 4.74 Å². The minimum absolute atomic E-state index is 0.102. The number of rotatable bonds is 6. The SMILES string of the molecule is COc1ccc(-c2nnc(SC(C(=O)N3CCCCC3)c3ccccc3)o2)cc1. The third kappa shape index (κ3) is 4.62. The quantitative estimate of drug-likeness (QED) is 0.555. The first-order valence-corrected chi connectivity index (χ1v) is 10.6. The summed E-state index contributed by atoms with van der Waals surface area (Å²) in [7, 11) is 1.62. The molecule has 3 aromatic rings. The molecule has 1 unspecified atom stereocenters. The predicted octanol–water partition coefficient (Wildman–Crippen LogP) is 4.59. The summed E-state index contributed by atoms with van der Waals surface area (Å²) in [5.74, 6) is 1.29. The Balaban J connectivity index is 1.56. The fraction of sp³-hybridized carbons (Fsp3) is 0.318. The Morgan fingerprint density at radius 2 is 1.76 bits per heavy atom. The Kier molecular flexibility index (Phi) is 6.14. The van der Waals surface area contributed by atoms with Gasteiger partial charge in [0.2, 0.25) is 11.8 Å². The molecule has 1 aliphatic heterocycles. The highest BCUT2D eigenvalue weighted by atomic mass is 32.2. The Morgan fingerprint density at radius 3 is 2.45 bits per heavy atom. The van der Waals surface area contributed by atoms with Gasteiger partial charge in [-0.15, -0.1) is 10.2 Å². The summed E-state index contributed by atoms with van der Waals surface area (Å²) in [4.78, 5) is 15.2. The summed E-state index contributed by atoms with van der Waals surface area (Å²) in [6, 6.07) is 17.2. The molecule has 1 saturated heterocycles. The van der Waals surface area contributed by atoms with Crippen molar-refractivity contribution < 1.29 is 13.9 Å². The topological polar surface area (TPSA) is 68.5 Å². The van der Waals surface area contributed by atoms with Gasteiger partial charge in [0, 0.05) is 18.7 Å². The number of benzene rings is 2. The molecule has 0 spiro atoms. The van der Waals surface area contributed by atoms with Gasteiger partial charge in [-0.2, -0.15) is 0 Å². The Bertz CT molecular complexity index is 937. The zero-order valence-electron chi connectivity index (χ0n) is 16.3. The molecule has 0 N–H and O–H groups in total. The van der Waals surface area contributed by atoms with Crippen molar-refractivity contribution in [1.82, 2.24) is 15.1 Å². The highest BCUT2D eigenvalue weighted by molar-refractivity contribution is 8.00. The number of methoxy groups -OCH3 is 1. The predicted molar refractivity (Wildman–Crippen MR) is 112 cm³/mol. The van der Waals surface area contributed by atoms with Gasteiger partial charge < -0.3 is 14.1 Å². The first kappa shape index (κ1) is 19.5. The maximum absolute atomic E-state index is 13.3. The van der Waals surface area contributed by atoms with E-state index in [1.807, 2.05) is 59.5 Å². The van der Waals surface area contributed by atoms with Crippen molar-refractivity contribution in [2.45, 2.75) is 29.7 Å². The molecule has 0 aliphatic carbocycles. The average molecular weight is 410 g/mol. The number of hydrogen-bond acceptors (Lipinski definition) is 6. The fourth-order valence-electron chi connectivity index (χ4n) is 3.38. The number of carbonyl (C=O) groups is 1. The lowest BCUT2D eigenvalue weighted by Crippen LogP contribution is -2.38. The number of thioether (sulfide) groups is 1. The van der Waals surface area contributed by atoms with Gasteiger partial charge in [0.25, 0.3) is 5.22 Å². The van der Waals surface area contributed by atoms with Gasteiger partial charge in [-0.1, -0.05) is 30.3 Å². The second kappa shape index (κ2) is 9.13. The molecule has 150 valence electrons. The Morgan fingerprint density at radius 1 is 1.03 bits per heavy atom. The summed E-state index contributed by atoms with van der Waals surface area (Å²) in [6.07, 6.45) is 3.29. The standard InChI is InChI=1S/C22H23N3O3S/c1-27-18-12-10-17(11-13-18)20-23-24-22(28-20)29-19(16-8-4-2-5-9-16)21(26)25-14-6-3-7-15-25/h2,4-5,8-13,19H,3,6-7,14-15H2,1H3. The molecule has 1 amide bonds. The number of ether oxygens (including phenoxy) is 1. The van der Waals surface area contributed by atoms with Gasteiger partial charge in [0.05, 0.1) is 7.11 Å². The van der Waals surface area contributed by atoms with Crippen LogP contribution in [0.2, 0.25) is 0 Å². The number of likely N-dealkylation sites (tertiary alicyclic amines) is 1. The number of nitrogens with zero attached hydrogens (tertiary/aromatic N) is 3. The van der Waals surface area contributed by atoms with Gasteiger partial charge >= 0.3 is 0 Å². The van der Waals surface area contributed by atoms with Crippen LogP contribution in [0.1, 0.15) is 30.1 Å². The zero-order chi connectivity index (χ0) is 20.1. The lowest BCUT2D eigenvalue weighted by atomic mass is 10.1. The molecule has 7 heteroatoms. The van der Waals surface area contributed by atoms with Crippen LogP contribution in [0.3, 0.4) is 0 Å². The smallest absolute Gasteiger partial charge is 0.277 e. The minimum atomic E-state index is -0.404. The largest absolute Gasteiger partial charge is 0.497 e. The van der Waals surface area contributed by atoms with Crippen LogP contribution in [-0.4, -0.2) is 41.2 Å². The lowest BCUT2D eigenvalue weighted by Gasteiger charge is -2.29. The van der Waals surface area contributed by atoms with Crippen LogP contribution in [0.25, 0.3) is 11.5 Å². The molecule has 2 aromatic carbocycles. The van der Waals surface area contributed by atoms with E-state index in [4.69, 9.17) is 9.15 Å². The van der Waals surface area contributed by atoms with Crippen molar-refractivity contribution >= 4 is 17.7 Å². The van der Waals surface area contributed by atoms with E-state index in [9.17, 15) is 4.79 Å². The number of piperidine rings is 1. The molecule has 1 aromatic heterocycles. The van der Waals surface area contributed by atoms with Crippen molar-refractivity contribution in [3.05, 3.63) is 60.2 Å². The number of hydrogen-bond donors (Lipinski definition) is 0. The van der Waals surface area contributed by atoms with E-state index in [1.54, 1.807) is 7.11 Å². The minimum Gasteiger partial charge on any atom is -0.497 e. The maximum Gasteiger partial charge on any atom is 0.277 e. The van der Waals surface area contributed by atoms with Gasteiger partial charge in [-0.05, 0) is 60.9 Å². The molecule has 1 fully saturated rings. The first-order valence-electron chi connectivity index (χ1n) is 9.73. The van der Waals surface area contributed by atoms with Crippen LogP contribution >= 0.6 is 11.8 Å². The van der Waals surface area contributed by atoms with Crippen LogP contribution in [0.4, 0.5) is 0 Å². The molecule has 1 aliphatic rings. The van der Waals surface area contributed by atoms with E-state index >= 15 is 0 Å². The highest BCUT2D eigenvalue weighted by Crippen LogP contribution is 2.37. The second-order valence-corrected chi connectivity index (χ2v) is 7.95. The summed E-state index contributed by atoms with van der Waals surface area (Å²) < 4.78 is 11.0. The lowest BCUT2D eigenvalue weighted by molar-refractivity contribution is -0.131. The molecule has 0 bridgehead atoms. The molecule has 1 atom stereocenters. The van der Waals surface area contributed by atoms with Crippen LogP contribution in [0, 0.1) is 0 Å². The molecule has 2 heterocycles. The van der Waals surface area contributed by atoms with Crippen LogP contribution in [-0.2, 0) is 4.79 Å². The third-order valence-corrected chi connectivity index (χ3v) is 6.03. The summed E-state index contributed by atoms with van der Waals surface area (Å²) in [5, 5.41) is 8.31. The van der Waals surface area contributed by atoms with Crippen molar-refractivity contribution in [3.63, 3.8) is 0 Å². The Labute approximate surface area is 174 Å². The van der Waals surface area contributed by atoms with Crippen molar-refractivity contribution in [3.8, 4) is 17.2 Å². The van der Waals surface area contributed by atoms with E-state index < -0.39 is 5.25 Å².